The van der Waals surface area contributed by atoms with Crippen molar-refractivity contribution >= 4 is 0 Å². The average molecular weight is 170 g/mol. The van der Waals surface area contributed by atoms with Crippen molar-refractivity contribution in [3.05, 3.63) is 0 Å². The third-order valence-electron chi connectivity index (χ3n) is 4.50. The van der Waals surface area contributed by atoms with Crippen molar-refractivity contribution < 1.29 is 10.2 Å². The number of hydrogen-bond acceptors (Lipinski definition) is 2. The minimum Gasteiger partial charge on any atom is -0.387 e. The monoisotopic (exact) mass is 170 g/mol. The van der Waals surface area contributed by atoms with E-state index in [2.05, 4.69) is 13.8 Å². The maximum absolute atomic E-state index is 10.2. The summed E-state index contributed by atoms with van der Waals surface area (Å²) >= 11 is 0. The van der Waals surface area contributed by atoms with Gasteiger partial charge in [0.15, 0.2) is 0 Å². The highest BCUT2D eigenvalue weighted by molar-refractivity contribution is 5.20. The summed E-state index contributed by atoms with van der Waals surface area (Å²) in [5.74, 6) is 0.614. The molecule has 0 aromatic heterocycles. The summed E-state index contributed by atoms with van der Waals surface area (Å²) in [5.41, 5.74) is -1.79. The number of fused-ring (bicyclic) bond motifs is 2. The second-order valence-corrected chi connectivity index (χ2v) is 5.30. The Bertz CT molecular complexity index is 210. The first-order valence-electron chi connectivity index (χ1n) is 4.76. The molecular weight excluding hydrogens is 152 g/mol. The lowest BCUT2D eigenvalue weighted by molar-refractivity contribution is -0.312. The van der Waals surface area contributed by atoms with Crippen molar-refractivity contribution in [2.45, 2.75) is 51.2 Å². The first-order valence-corrected chi connectivity index (χ1v) is 4.76. The molecule has 3 fully saturated rings. The molecule has 12 heavy (non-hydrogen) atoms. The van der Waals surface area contributed by atoms with Crippen LogP contribution >= 0.6 is 0 Å². The first kappa shape index (κ1) is 8.52. The van der Waals surface area contributed by atoms with Gasteiger partial charge < -0.3 is 10.2 Å². The predicted molar refractivity (Wildman–Crippen MR) is 46.7 cm³/mol. The number of rotatable bonds is 0. The smallest absolute Gasteiger partial charge is 0.0986 e. The molecule has 2 N–H and O–H groups in total. The van der Waals surface area contributed by atoms with Crippen LogP contribution in [0.3, 0.4) is 0 Å². The zero-order chi connectivity index (χ0) is 9.20. The van der Waals surface area contributed by atoms with E-state index in [1.165, 1.54) is 0 Å². The normalized spacial score (nSPS) is 56.2. The standard InChI is InChI=1S/C10H18O2/c1-8(2)7-4-5-9(3,11)10(8,12)6-7/h7,11-12H,4-6H2,1-3H3/t7-,9-,10+/m0/s1. The van der Waals surface area contributed by atoms with E-state index in [-0.39, 0.29) is 5.41 Å². The van der Waals surface area contributed by atoms with E-state index in [1.54, 1.807) is 6.92 Å². The molecule has 3 rings (SSSR count). The fourth-order valence-corrected chi connectivity index (χ4v) is 3.12. The Labute approximate surface area is 73.6 Å². The summed E-state index contributed by atoms with van der Waals surface area (Å²) in [7, 11) is 0. The third kappa shape index (κ3) is 0.647. The van der Waals surface area contributed by atoms with E-state index in [4.69, 9.17) is 0 Å². The molecule has 3 atom stereocenters. The number of hydrogen-bond donors (Lipinski definition) is 2. The molecule has 0 aromatic carbocycles. The van der Waals surface area contributed by atoms with Crippen molar-refractivity contribution in [1.82, 2.24) is 0 Å². The van der Waals surface area contributed by atoms with Gasteiger partial charge in [0.1, 0.15) is 0 Å². The SMILES string of the molecule is CC1(C)[C@H]2CC[C@](C)(O)[C@@]1(O)C2. The Morgan fingerprint density at radius 3 is 2.08 bits per heavy atom. The van der Waals surface area contributed by atoms with E-state index < -0.39 is 11.2 Å². The van der Waals surface area contributed by atoms with Gasteiger partial charge in [-0.3, -0.25) is 0 Å². The zero-order valence-corrected chi connectivity index (χ0v) is 8.09. The van der Waals surface area contributed by atoms with Crippen LogP contribution in [0.15, 0.2) is 0 Å². The Morgan fingerprint density at radius 2 is 1.75 bits per heavy atom. The van der Waals surface area contributed by atoms with Crippen molar-refractivity contribution in [2.24, 2.45) is 11.3 Å². The van der Waals surface area contributed by atoms with Crippen LogP contribution < -0.4 is 0 Å². The molecule has 0 amide bonds. The minimum atomic E-state index is -0.870. The molecular formula is C10H18O2. The summed E-state index contributed by atoms with van der Waals surface area (Å²) in [5, 5.41) is 20.3. The van der Waals surface area contributed by atoms with Crippen molar-refractivity contribution in [2.75, 3.05) is 0 Å². The lowest BCUT2D eigenvalue weighted by atomic mass is 9.41. The lowest BCUT2D eigenvalue weighted by Gasteiger charge is -2.68. The highest BCUT2D eigenvalue weighted by Crippen LogP contribution is 2.65. The lowest BCUT2D eigenvalue weighted by Crippen LogP contribution is -2.74. The second-order valence-electron chi connectivity index (χ2n) is 5.30. The Balaban J connectivity index is 2.37. The van der Waals surface area contributed by atoms with E-state index in [9.17, 15) is 10.2 Å². The fourth-order valence-electron chi connectivity index (χ4n) is 3.12. The highest BCUT2D eigenvalue weighted by Gasteiger charge is 2.69. The molecule has 0 aromatic rings. The van der Waals surface area contributed by atoms with Crippen LogP contribution in [0.1, 0.15) is 40.0 Å². The van der Waals surface area contributed by atoms with Crippen LogP contribution in [-0.2, 0) is 0 Å². The summed E-state index contributed by atoms with van der Waals surface area (Å²) in [6.07, 6.45) is 2.59. The fraction of sp³-hybridized carbons (Fsp3) is 1.00. The predicted octanol–water partition coefficient (Wildman–Crippen LogP) is 1.31. The van der Waals surface area contributed by atoms with Gasteiger partial charge in [0.2, 0.25) is 0 Å². The second kappa shape index (κ2) is 1.88. The van der Waals surface area contributed by atoms with Gasteiger partial charge in [0.05, 0.1) is 11.2 Å². The van der Waals surface area contributed by atoms with Gasteiger partial charge in [0, 0.05) is 0 Å². The molecule has 0 saturated heterocycles. The zero-order valence-electron chi connectivity index (χ0n) is 8.09. The maximum Gasteiger partial charge on any atom is 0.0986 e. The molecule has 0 heterocycles. The average Bonchev–Trinajstić information content (AvgIpc) is 1.94. The van der Waals surface area contributed by atoms with E-state index in [1.807, 2.05) is 0 Å². The molecule has 2 bridgehead atoms. The summed E-state index contributed by atoms with van der Waals surface area (Å²) < 4.78 is 0. The summed E-state index contributed by atoms with van der Waals surface area (Å²) in [6.45, 7) is 5.90. The largest absolute Gasteiger partial charge is 0.387 e. The highest BCUT2D eigenvalue weighted by atomic mass is 16.4. The van der Waals surface area contributed by atoms with Crippen molar-refractivity contribution in [1.29, 1.82) is 0 Å². The molecule has 0 spiro atoms. The Hall–Kier alpha value is -0.0800. The molecule has 2 nitrogen and oxygen atoms in total. The quantitative estimate of drug-likeness (QED) is 0.575. The molecule has 3 aliphatic rings. The molecule has 70 valence electrons. The molecule has 0 radical (unpaired) electrons. The van der Waals surface area contributed by atoms with Gasteiger partial charge in [-0.25, -0.2) is 0 Å². The summed E-state index contributed by atoms with van der Waals surface area (Å²) in [6, 6.07) is 0. The van der Waals surface area contributed by atoms with Crippen LogP contribution in [0.2, 0.25) is 0 Å². The Kier molecular flexibility index (Phi) is 1.33. The van der Waals surface area contributed by atoms with Gasteiger partial charge >= 0.3 is 0 Å². The summed E-state index contributed by atoms with van der Waals surface area (Å²) in [4.78, 5) is 0. The van der Waals surface area contributed by atoms with Gasteiger partial charge in [-0.1, -0.05) is 13.8 Å². The molecule has 0 unspecified atom stereocenters. The van der Waals surface area contributed by atoms with Crippen LogP contribution in [0.5, 0.6) is 0 Å². The van der Waals surface area contributed by atoms with Crippen LogP contribution in [0.25, 0.3) is 0 Å². The van der Waals surface area contributed by atoms with E-state index in [0.29, 0.717) is 5.92 Å². The minimum absolute atomic E-state index is 0.0885. The van der Waals surface area contributed by atoms with E-state index in [0.717, 1.165) is 19.3 Å². The third-order valence-corrected chi connectivity index (χ3v) is 4.50. The van der Waals surface area contributed by atoms with Gasteiger partial charge in [-0.05, 0) is 37.5 Å². The van der Waals surface area contributed by atoms with Crippen LogP contribution in [-0.4, -0.2) is 21.4 Å². The van der Waals surface area contributed by atoms with E-state index >= 15 is 0 Å². The topological polar surface area (TPSA) is 40.5 Å². The van der Waals surface area contributed by atoms with Crippen molar-refractivity contribution in [3.63, 3.8) is 0 Å². The first-order chi connectivity index (χ1) is 5.31. The molecule has 0 aliphatic heterocycles. The molecule has 3 saturated carbocycles. The van der Waals surface area contributed by atoms with Crippen molar-refractivity contribution in [3.8, 4) is 0 Å². The Morgan fingerprint density at radius 1 is 1.17 bits per heavy atom. The molecule has 2 heteroatoms. The maximum atomic E-state index is 10.2. The van der Waals surface area contributed by atoms with Crippen LogP contribution in [0.4, 0.5) is 0 Å². The van der Waals surface area contributed by atoms with Gasteiger partial charge in [-0.15, -0.1) is 0 Å². The van der Waals surface area contributed by atoms with Gasteiger partial charge in [-0.2, -0.15) is 0 Å². The van der Waals surface area contributed by atoms with Crippen LogP contribution in [0, 0.1) is 11.3 Å². The molecule has 3 aliphatic carbocycles. The number of aliphatic hydroxyl groups is 2. The van der Waals surface area contributed by atoms with Gasteiger partial charge in [0.25, 0.3) is 0 Å².